The average Bonchev–Trinajstić information content (AvgIpc) is 2.83. The summed E-state index contributed by atoms with van der Waals surface area (Å²) < 4.78 is 5.02. The molecule has 1 aromatic rings. The van der Waals surface area contributed by atoms with Gasteiger partial charge in [-0.25, -0.2) is 4.79 Å². The average molecular weight is 476 g/mol. The molecule has 0 amide bonds. The summed E-state index contributed by atoms with van der Waals surface area (Å²) in [5.74, 6) is -0.247. The SMILES string of the molecule is CCCCCC[Si](C)(CC)CCCCCCCCCCCNc1ccc(C(=O)OCC)cc1. The summed E-state index contributed by atoms with van der Waals surface area (Å²) in [6.07, 6.45) is 18.2. The Morgan fingerprint density at radius 1 is 0.758 bits per heavy atom. The Morgan fingerprint density at radius 2 is 1.27 bits per heavy atom. The Balaban J connectivity index is 1.96. The molecule has 1 unspecified atom stereocenters. The van der Waals surface area contributed by atoms with E-state index in [9.17, 15) is 4.79 Å². The number of hydrogen-bond acceptors (Lipinski definition) is 3. The van der Waals surface area contributed by atoms with Crippen molar-refractivity contribution in [3.8, 4) is 0 Å². The normalized spacial score (nSPS) is 13.0. The van der Waals surface area contributed by atoms with E-state index in [-0.39, 0.29) is 5.97 Å². The lowest BCUT2D eigenvalue weighted by Gasteiger charge is -2.26. The predicted octanol–water partition coefficient (Wildman–Crippen LogP) is 9.46. The molecule has 0 radical (unpaired) electrons. The van der Waals surface area contributed by atoms with E-state index in [4.69, 9.17) is 4.74 Å². The van der Waals surface area contributed by atoms with Crippen LogP contribution in [0.5, 0.6) is 0 Å². The van der Waals surface area contributed by atoms with Crippen molar-refractivity contribution in [2.75, 3.05) is 18.5 Å². The zero-order valence-corrected chi connectivity index (χ0v) is 23.4. The quantitative estimate of drug-likeness (QED) is 0.109. The van der Waals surface area contributed by atoms with Crippen molar-refractivity contribution < 1.29 is 9.53 Å². The molecule has 190 valence electrons. The largest absolute Gasteiger partial charge is 0.462 e. The molecule has 0 aromatic heterocycles. The predicted molar refractivity (Wildman–Crippen MR) is 148 cm³/mol. The maximum atomic E-state index is 11.7. The number of carbonyl (C=O) groups is 1. The van der Waals surface area contributed by atoms with E-state index in [1.807, 2.05) is 31.2 Å². The molecular formula is C29H53NO2Si. The third-order valence-electron chi connectivity index (χ3n) is 7.17. The van der Waals surface area contributed by atoms with Crippen LogP contribution >= 0.6 is 0 Å². The van der Waals surface area contributed by atoms with Crippen LogP contribution in [-0.2, 0) is 4.74 Å². The van der Waals surface area contributed by atoms with Gasteiger partial charge in [-0.3, -0.25) is 0 Å². The molecule has 3 nitrogen and oxygen atoms in total. The molecule has 1 aromatic carbocycles. The van der Waals surface area contributed by atoms with E-state index in [1.54, 1.807) is 12.1 Å². The summed E-state index contributed by atoms with van der Waals surface area (Å²) >= 11 is 0. The number of carbonyl (C=O) groups excluding carboxylic acids is 1. The molecule has 33 heavy (non-hydrogen) atoms. The number of anilines is 1. The molecule has 1 atom stereocenters. The third kappa shape index (κ3) is 14.5. The number of esters is 1. The minimum absolute atomic E-state index is 0.247. The molecule has 4 heteroatoms. The molecule has 0 aliphatic carbocycles. The topological polar surface area (TPSA) is 38.3 Å². The highest BCUT2D eigenvalue weighted by Crippen LogP contribution is 2.27. The maximum Gasteiger partial charge on any atom is 0.338 e. The number of rotatable bonds is 21. The van der Waals surface area contributed by atoms with E-state index in [0.29, 0.717) is 12.2 Å². The Morgan fingerprint density at radius 3 is 1.79 bits per heavy atom. The van der Waals surface area contributed by atoms with Crippen molar-refractivity contribution in [2.24, 2.45) is 0 Å². The fraction of sp³-hybridized carbons (Fsp3) is 0.759. The fourth-order valence-electron chi connectivity index (χ4n) is 4.54. The lowest BCUT2D eigenvalue weighted by molar-refractivity contribution is 0.0526. The molecule has 0 saturated heterocycles. The van der Waals surface area contributed by atoms with Gasteiger partial charge in [-0.1, -0.05) is 116 Å². The van der Waals surface area contributed by atoms with Gasteiger partial charge in [-0.2, -0.15) is 0 Å². The molecule has 0 bridgehead atoms. The highest BCUT2D eigenvalue weighted by atomic mass is 28.3. The van der Waals surface area contributed by atoms with Gasteiger partial charge >= 0.3 is 5.97 Å². The van der Waals surface area contributed by atoms with Gasteiger partial charge in [0, 0.05) is 12.2 Å². The summed E-state index contributed by atoms with van der Waals surface area (Å²) in [4.78, 5) is 11.7. The van der Waals surface area contributed by atoms with E-state index in [2.05, 4.69) is 25.7 Å². The van der Waals surface area contributed by atoms with E-state index in [1.165, 1.54) is 89.5 Å². The minimum Gasteiger partial charge on any atom is -0.462 e. The first-order valence-electron chi connectivity index (χ1n) is 14.1. The van der Waals surface area contributed by atoms with Crippen molar-refractivity contribution in [1.29, 1.82) is 0 Å². The third-order valence-corrected chi connectivity index (χ3v) is 12.0. The van der Waals surface area contributed by atoms with Gasteiger partial charge in [0.15, 0.2) is 0 Å². The second kappa shape index (κ2) is 19.1. The Labute approximate surface area is 206 Å². The van der Waals surface area contributed by atoms with Crippen LogP contribution in [0.2, 0.25) is 24.7 Å². The Bertz CT molecular complexity index is 604. The molecule has 0 fully saturated rings. The van der Waals surface area contributed by atoms with Gasteiger partial charge in [0.25, 0.3) is 0 Å². The first-order chi connectivity index (χ1) is 16.0. The highest BCUT2D eigenvalue weighted by molar-refractivity contribution is 6.78. The van der Waals surface area contributed by atoms with Crippen molar-refractivity contribution in [1.82, 2.24) is 0 Å². The van der Waals surface area contributed by atoms with Crippen LogP contribution in [0.3, 0.4) is 0 Å². The number of benzene rings is 1. The fourth-order valence-corrected chi connectivity index (χ4v) is 7.71. The number of ether oxygens (including phenoxy) is 1. The molecule has 1 rings (SSSR count). The van der Waals surface area contributed by atoms with Crippen LogP contribution in [0, 0.1) is 0 Å². The van der Waals surface area contributed by atoms with Gasteiger partial charge < -0.3 is 10.1 Å². The summed E-state index contributed by atoms with van der Waals surface area (Å²) in [7, 11) is -0.930. The standard InChI is InChI=1S/C29H53NO2Si/c1-5-8-9-18-25-33(4,7-3)26-19-16-14-12-10-11-13-15-17-24-30-28-22-20-27(21-23-28)29(31)32-6-2/h20-23,30H,5-19,24-26H2,1-4H3. The number of unbranched alkanes of at least 4 members (excludes halogenated alkanes) is 11. The second-order valence-electron chi connectivity index (χ2n) is 10.1. The van der Waals surface area contributed by atoms with E-state index in [0.717, 1.165) is 12.2 Å². The first-order valence-corrected chi connectivity index (χ1v) is 17.2. The molecule has 1 N–H and O–H groups in total. The zero-order chi connectivity index (χ0) is 24.2. The van der Waals surface area contributed by atoms with E-state index >= 15 is 0 Å². The van der Waals surface area contributed by atoms with Gasteiger partial charge in [0.2, 0.25) is 0 Å². The van der Waals surface area contributed by atoms with Crippen molar-refractivity contribution >= 4 is 19.7 Å². The number of hydrogen-bond donors (Lipinski definition) is 1. The molecular weight excluding hydrogens is 422 g/mol. The maximum absolute atomic E-state index is 11.7. The Kier molecular flexibility index (Phi) is 17.2. The molecule has 0 heterocycles. The molecule has 0 saturated carbocycles. The van der Waals surface area contributed by atoms with Crippen molar-refractivity contribution in [3.05, 3.63) is 29.8 Å². The monoisotopic (exact) mass is 475 g/mol. The van der Waals surface area contributed by atoms with E-state index < -0.39 is 8.07 Å². The Hall–Kier alpha value is -1.29. The van der Waals surface area contributed by atoms with Gasteiger partial charge in [-0.05, 0) is 37.6 Å². The summed E-state index contributed by atoms with van der Waals surface area (Å²) in [5.41, 5.74) is 1.69. The lowest BCUT2D eigenvalue weighted by Crippen LogP contribution is -2.28. The lowest BCUT2D eigenvalue weighted by atomic mass is 10.1. The molecule has 0 aliphatic heterocycles. The highest BCUT2D eigenvalue weighted by Gasteiger charge is 2.23. The van der Waals surface area contributed by atoms with Crippen LogP contribution in [0.15, 0.2) is 24.3 Å². The smallest absolute Gasteiger partial charge is 0.338 e. The second-order valence-corrected chi connectivity index (χ2v) is 15.5. The van der Waals surface area contributed by atoms with Crippen LogP contribution in [0.25, 0.3) is 0 Å². The van der Waals surface area contributed by atoms with Crippen LogP contribution in [-0.4, -0.2) is 27.2 Å². The van der Waals surface area contributed by atoms with Crippen LogP contribution < -0.4 is 5.32 Å². The molecule has 0 spiro atoms. The first kappa shape index (κ1) is 29.7. The minimum atomic E-state index is -0.930. The van der Waals surface area contributed by atoms with Gasteiger partial charge in [-0.15, -0.1) is 0 Å². The molecule has 0 aliphatic rings. The van der Waals surface area contributed by atoms with Crippen molar-refractivity contribution in [3.63, 3.8) is 0 Å². The van der Waals surface area contributed by atoms with Gasteiger partial charge in [0.05, 0.1) is 20.2 Å². The zero-order valence-electron chi connectivity index (χ0n) is 22.4. The van der Waals surface area contributed by atoms with Gasteiger partial charge in [0.1, 0.15) is 0 Å². The summed E-state index contributed by atoms with van der Waals surface area (Å²) in [5, 5.41) is 3.45. The van der Waals surface area contributed by atoms with Crippen LogP contribution in [0.4, 0.5) is 5.69 Å². The summed E-state index contributed by atoms with van der Waals surface area (Å²) in [6, 6.07) is 12.2. The van der Waals surface area contributed by atoms with Crippen molar-refractivity contribution in [2.45, 2.75) is 129 Å². The number of nitrogens with one attached hydrogen (secondary N) is 1. The van der Waals surface area contributed by atoms with Crippen LogP contribution in [0.1, 0.15) is 115 Å². The summed E-state index contributed by atoms with van der Waals surface area (Å²) in [6.45, 7) is 10.7.